The third-order valence-electron chi connectivity index (χ3n) is 2.58. The standard InChI is InChI=1S/C13H16FN3O3S/c1-13(2,12(16)18)17-21(19,20)10-6-5-9(4-3-7-15)11(14)8-10/h5-6,8,17H,7,15H2,1-2H3,(H2,16,18). The van der Waals surface area contributed by atoms with Crippen LogP contribution in [0.4, 0.5) is 4.39 Å². The number of carbonyl (C=O) groups is 1. The van der Waals surface area contributed by atoms with E-state index in [-0.39, 0.29) is 17.0 Å². The molecule has 21 heavy (non-hydrogen) atoms. The van der Waals surface area contributed by atoms with E-state index in [9.17, 15) is 17.6 Å². The summed E-state index contributed by atoms with van der Waals surface area (Å²) in [4.78, 5) is 10.8. The summed E-state index contributed by atoms with van der Waals surface area (Å²) in [5, 5.41) is 0. The molecule has 0 aliphatic carbocycles. The SMILES string of the molecule is CC(C)(NS(=O)(=O)c1ccc(C#CCN)c(F)c1)C(N)=O. The van der Waals surface area contributed by atoms with Crippen molar-refractivity contribution in [3.8, 4) is 11.8 Å². The van der Waals surface area contributed by atoms with Gasteiger partial charge in [-0.2, -0.15) is 4.72 Å². The van der Waals surface area contributed by atoms with Crippen LogP contribution in [0, 0.1) is 17.7 Å². The van der Waals surface area contributed by atoms with Gasteiger partial charge in [0.15, 0.2) is 0 Å². The second-order valence-electron chi connectivity index (χ2n) is 4.74. The van der Waals surface area contributed by atoms with E-state index in [1.807, 2.05) is 0 Å². The number of benzene rings is 1. The molecule has 0 aliphatic heterocycles. The molecule has 0 aromatic heterocycles. The maximum atomic E-state index is 13.8. The molecule has 8 heteroatoms. The number of amides is 1. The molecule has 114 valence electrons. The van der Waals surface area contributed by atoms with Gasteiger partial charge in [-0.3, -0.25) is 4.79 Å². The highest BCUT2D eigenvalue weighted by Crippen LogP contribution is 2.16. The second-order valence-corrected chi connectivity index (χ2v) is 6.42. The fraction of sp³-hybridized carbons (Fsp3) is 0.308. The average Bonchev–Trinajstić information content (AvgIpc) is 2.35. The van der Waals surface area contributed by atoms with E-state index < -0.39 is 27.3 Å². The first-order valence-electron chi connectivity index (χ1n) is 5.92. The van der Waals surface area contributed by atoms with Crippen molar-refractivity contribution in [1.29, 1.82) is 0 Å². The third-order valence-corrected chi connectivity index (χ3v) is 4.24. The first-order chi connectivity index (χ1) is 9.60. The van der Waals surface area contributed by atoms with Gasteiger partial charge in [-0.1, -0.05) is 11.8 Å². The topological polar surface area (TPSA) is 115 Å². The summed E-state index contributed by atoms with van der Waals surface area (Å²) in [5.41, 5.74) is 8.81. The van der Waals surface area contributed by atoms with E-state index in [2.05, 4.69) is 16.6 Å². The molecule has 0 spiro atoms. The quantitative estimate of drug-likeness (QED) is 0.661. The average molecular weight is 313 g/mol. The van der Waals surface area contributed by atoms with Crippen molar-refractivity contribution >= 4 is 15.9 Å². The minimum atomic E-state index is -4.09. The predicted octanol–water partition coefficient (Wildman–Crippen LogP) is -0.322. The van der Waals surface area contributed by atoms with Crippen molar-refractivity contribution in [1.82, 2.24) is 4.72 Å². The van der Waals surface area contributed by atoms with Gasteiger partial charge in [0.1, 0.15) is 11.4 Å². The normalized spacial score (nSPS) is 11.6. The molecule has 0 radical (unpaired) electrons. The van der Waals surface area contributed by atoms with Crippen LogP contribution in [0.15, 0.2) is 23.1 Å². The van der Waals surface area contributed by atoms with E-state index >= 15 is 0 Å². The Morgan fingerprint density at radius 1 is 1.43 bits per heavy atom. The van der Waals surface area contributed by atoms with Crippen molar-refractivity contribution in [3.05, 3.63) is 29.6 Å². The van der Waals surface area contributed by atoms with Crippen LogP contribution in [-0.2, 0) is 14.8 Å². The Bertz CT molecular complexity index is 718. The summed E-state index contributed by atoms with van der Waals surface area (Å²) in [6.07, 6.45) is 0. The molecule has 1 aromatic carbocycles. The van der Waals surface area contributed by atoms with Gasteiger partial charge in [0.25, 0.3) is 0 Å². The number of hydrogen-bond donors (Lipinski definition) is 3. The molecule has 0 unspecified atom stereocenters. The smallest absolute Gasteiger partial charge is 0.241 e. The number of nitrogens with one attached hydrogen (secondary N) is 1. The van der Waals surface area contributed by atoms with E-state index in [1.165, 1.54) is 26.0 Å². The zero-order valence-corrected chi connectivity index (χ0v) is 12.4. The number of halogens is 1. The van der Waals surface area contributed by atoms with E-state index in [4.69, 9.17) is 11.5 Å². The lowest BCUT2D eigenvalue weighted by molar-refractivity contribution is -0.122. The van der Waals surface area contributed by atoms with Crippen LogP contribution in [-0.4, -0.2) is 26.4 Å². The minimum Gasteiger partial charge on any atom is -0.368 e. The van der Waals surface area contributed by atoms with Crippen molar-refractivity contribution in [3.63, 3.8) is 0 Å². The molecule has 6 nitrogen and oxygen atoms in total. The Hall–Kier alpha value is -1.95. The summed E-state index contributed by atoms with van der Waals surface area (Å²) >= 11 is 0. The van der Waals surface area contributed by atoms with E-state index in [0.717, 1.165) is 6.07 Å². The Kier molecular flexibility index (Phi) is 5.06. The van der Waals surface area contributed by atoms with Crippen LogP contribution >= 0.6 is 0 Å². The van der Waals surface area contributed by atoms with E-state index in [0.29, 0.717) is 0 Å². The molecule has 0 aliphatic rings. The lowest BCUT2D eigenvalue weighted by Gasteiger charge is -2.22. The Labute approximate surface area is 122 Å². The molecule has 0 bridgehead atoms. The molecular weight excluding hydrogens is 297 g/mol. The van der Waals surface area contributed by atoms with Crippen molar-refractivity contribution in [2.45, 2.75) is 24.3 Å². The molecule has 0 saturated heterocycles. The highest BCUT2D eigenvalue weighted by molar-refractivity contribution is 7.89. The molecular formula is C13H16FN3O3S. The summed E-state index contributed by atoms with van der Waals surface area (Å²) in [5.74, 6) is 3.30. The van der Waals surface area contributed by atoms with Gasteiger partial charge in [-0.05, 0) is 32.0 Å². The monoisotopic (exact) mass is 313 g/mol. The van der Waals surface area contributed by atoms with Gasteiger partial charge < -0.3 is 11.5 Å². The fourth-order valence-electron chi connectivity index (χ4n) is 1.36. The predicted molar refractivity (Wildman–Crippen MR) is 75.9 cm³/mol. The van der Waals surface area contributed by atoms with E-state index in [1.54, 1.807) is 0 Å². The third kappa shape index (κ3) is 4.26. The van der Waals surface area contributed by atoms with Crippen LogP contribution in [0.2, 0.25) is 0 Å². The van der Waals surface area contributed by atoms with Crippen LogP contribution in [0.3, 0.4) is 0 Å². The van der Waals surface area contributed by atoms with Crippen LogP contribution in [0.5, 0.6) is 0 Å². The number of primary amides is 1. The summed E-state index contributed by atoms with van der Waals surface area (Å²) in [6.45, 7) is 2.68. The van der Waals surface area contributed by atoms with Crippen molar-refractivity contribution in [2.75, 3.05) is 6.54 Å². The van der Waals surface area contributed by atoms with Gasteiger partial charge in [-0.25, -0.2) is 12.8 Å². The lowest BCUT2D eigenvalue weighted by Crippen LogP contribution is -2.52. The Morgan fingerprint density at radius 3 is 2.52 bits per heavy atom. The molecule has 0 saturated carbocycles. The highest BCUT2D eigenvalue weighted by atomic mass is 32.2. The van der Waals surface area contributed by atoms with Crippen molar-refractivity contribution < 1.29 is 17.6 Å². The molecule has 0 heterocycles. The Morgan fingerprint density at radius 2 is 2.05 bits per heavy atom. The second kappa shape index (κ2) is 6.22. The summed E-state index contributed by atoms with van der Waals surface area (Å²) in [7, 11) is -4.09. The highest BCUT2D eigenvalue weighted by Gasteiger charge is 2.31. The number of rotatable bonds is 4. The first kappa shape index (κ1) is 17.1. The van der Waals surface area contributed by atoms with Gasteiger partial charge in [-0.15, -0.1) is 0 Å². The molecule has 1 amide bonds. The largest absolute Gasteiger partial charge is 0.368 e. The van der Waals surface area contributed by atoms with Crippen LogP contribution in [0.1, 0.15) is 19.4 Å². The minimum absolute atomic E-state index is 0.0357. The van der Waals surface area contributed by atoms with Gasteiger partial charge in [0, 0.05) is 0 Å². The first-order valence-corrected chi connectivity index (χ1v) is 7.41. The van der Waals surface area contributed by atoms with Gasteiger partial charge in [0.2, 0.25) is 15.9 Å². The lowest BCUT2D eigenvalue weighted by atomic mass is 10.1. The molecule has 5 N–H and O–H groups in total. The number of hydrogen-bond acceptors (Lipinski definition) is 4. The van der Waals surface area contributed by atoms with Gasteiger partial charge >= 0.3 is 0 Å². The molecule has 1 aromatic rings. The molecule has 1 rings (SSSR count). The fourth-order valence-corrected chi connectivity index (χ4v) is 2.75. The maximum absolute atomic E-state index is 13.8. The number of carbonyl (C=O) groups excluding carboxylic acids is 1. The zero-order chi connectivity index (χ0) is 16.3. The Balaban J connectivity index is 3.16. The van der Waals surface area contributed by atoms with Crippen LogP contribution < -0.4 is 16.2 Å². The maximum Gasteiger partial charge on any atom is 0.241 e. The van der Waals surface area contributed by atoms with Gasteiger partial charge in [0.05, 0.1) is 17.0 Å². The zero-order valence-electron chi connectivity index (χ0n) is 11.6. The summed E-state index contributed by atoms with van der Waals surface area (Å²) in [6, 6.07) is 3.23. The van der Waals surface area contributed by atoms with Crippen molar-refractivity contribution in [2.24, 2.45) is 11.5 Å². The van der Waals surface area contributed by atoms with Crippen LogP contribution in [0.25, 0.3) is 0 Å². The molecule has 0 atom stereocenters. The summed E-state index contributed by atoms with van der Waals surface area (Å²) < 4.78 is 40.1. The number of nitrogens with two attached hydrogens (primary N) is 2. The number of sulfonamides is 1. The molecule has 0 fully saturated rings.